The van der Waals surface area contributed by atoms with Crippen molar-refractivity contribution >= 4 is 0 Å². The molecule has 1 aliphatic heterocycles. The van der Waals surface area contributed by atoms with Crippen LogP contribution in [0.1, 0.15) is 25.1 Å². The number of aromatic nitrogens is 2. The van der Waals surface area contributed by atoms with E-state index in [2.05, 4.69) is 9.97 Å². The fourth-order valence-electron chi connectivity index (χ4n) is 2.61. The smallest absolute Gasteiger partial charge is 0.251 e. The van der Waals surface area contributed by atoms with Gasteiger partial charge in [-0.15, -0.1) is 0 Å². The zero-order chi connectivity index (χ0) is 15.0. The molecular weight excluding hydrogens is 268 g/mol. The molecule has 1 aliphatic rings. The van der Waals surface area contributed by atoms with Crippen LogP contribution in [0.25, 0.3) is 11.4 Å². The zero-order valence-electron chi connectivity index (χ0n) is 12.4. The molecule has 1 unspecified atom stereocenters. The van der Waals surface area contributed by atoms with Crippen molar-refractivity contribution in [3.8, 4) is 22.9 Å². The number of aryl methyl sites for hydroxylation is 1. The molecule has 21 heavy (non-hydrogen) atoms. The minimum Gasteiger partial charge on any atom is -0.496 e. The van der Waals surface area contributed by atoms with Crippen molar-refractivity contribution < 1.29 is 9.47 Å². The molecule has 1 aromatic heterocycles. The molecule has 0 amide bonds. The van der Waals surface area contributed by atoms with Crippen LogP contribution in [0, 0.1) is 0 Å². The second-order valence-corrected chi connectivity index (χ2v) is 5.23. The minimum absolute atomic E-state index is 0.159. The van der Waals surface area contributed by atoms with Crippen molar-refractivity contribution in [1.29, 1.82) is 0 Å². The van der Waals surface area contributed by atoms with Crippen molar-refractivity contribution in [2.45, 2.75) is 32.8 Å². The molecule has 5 heteroatoms. The fourth-order valence-corrected chi connectivity index (χ4v) is 2.61. The van der Waals surface area contributed by atoms with E-state index in [1.807, 2.05) is 26.0 Å². The number of H-pyrrole nitrogens is 1. The second kappa shape index (κ2) is 5.24. The van der Waals surface area contributed by atoms with Crippen LogP contribution in [-0.2, 0) is 12.8 Å². The van der Waals surface area contributed by atoms with Crippen LogP contribution >= 0.6 is 0 Å². The third-order valence-electron chi connectivity index (χ3n) is 3.63. The summed E-state index contributed by atoms with van der Waals surface area (Å²) in [5, 5.41) is 0. The van der Waals surface area contributed by atoms with Crippen LogP contribution in [0.3, 0.4) is 0 Å². The van der Waals surface area contributed by atoms with Crippen LogP contribution in [0.2, 0.25) is 0 Å². The second-order valence-electron chi connectivity index (χ2n) is 5.23. The Morgan fingerprint density at radius 2 is 2.24 bits per heavy atom. The normalized spacial score (nSPS) is 16.4. The highest BCUT2D eigenvalue weighted by Gasteiger charge is 2.23. The SMILES string of the molecule is CCc1cc(=O)[nH]c(-c2cc3c(cc2OC)CC(C)O3)n1. The van der Waals surface area contributed by atoms with Crippen molar-refractivity contribution in [3.63, 3.8) is 0 Å². The molecule has 1 aromatic carbocycles. The average molecular weight is 286 g/mol. The number of ether oxygens (including phenoxy) is 2. The van der Waals surface area contributed by atoms with Crippen LogP contribution in [0.15, 0.2) is 23.0 Å². The largest absolute Gasteiger partial charge is 0.496 e. The average Bonchev–Trinajstić information content (AvgIpc) is 2.84. The Kier molecular flexibility index (Phi) is 3.41. The van der Waals surface area contributed by atoms with Crippen molar-refractivity contribution in [1.82, 2.24) is 9.97 Å². The summed E-state index contributed by atoms with van der Waals surface area (Å²) in [7, 11) is 1.62. The molecule has 0 radical (unpaired) electrons. The number of hydrogen-bond acceptors (Lipinski definition) is 4. The monoisotopic (exact) mass is 286 g/mol. The van der Waals surface area contributed by atoms with Crippen LogP contribution in [-0.4, -0.2) is 23.2 Å². The quantitative estimate of drug-likeness (QED) is 0.940. The predicted molar refractivity (Wildman–Crippen MR) is 80.0 cm³/mol. The fraction of sp³-hybridized carbons (Fsp3) is 0.375. The van der Waals surface area contributed by atoms with E-state index in [1.54, 1.807) is 7.11 Å². The summed E-state index contributed by atoms with van der Waals surface area (Å²) in [5.74, 6) is 2.05. The van der Waals surface area contributed by atoms with E-state index >= 15 is 0 Å². The molecule has 1 atom stereocenters. The van der Waals surface area contributed by atoms with Gasteiger partial charge in [0.15, 0.2) is 0 Å². The van der Waals surface area contributed by atoms with Crippen LogP contribution in [0.4, 0.5) is 0 Å². The summed E-state index contributed by atoms with van der Waals surface area (Å²) in [4.78, 5) is 19.0. The molecule has 3 rings (SSSR count). The van der Waals surface area contributed by atoms with Gasteiger partial charge in [-0.1, -0.05) is 6.92 Å². The first-order valence-corrected chi connectivity index (χ1v) is 7.09. The van der Waals surface area contributed by atoms with Gasteiger partial charge in [-0.25, -0.2) is 4.98 Å². The molecule has 0 spiro atoms. The lowest BCUT2D eigenvalue weighted by Gasteiger charge is -2.11. The summed E-state index contributed by atoms with van der Waals surface area (Å²) in [5.41, 5.74) is 2.47. The highest BCUT2D eigenvalue weighted by molar-refractivity contribution is 5.68. The third-order valence-corrected chi connectivity index (χ3v) is 3.63. The lowest BCUT2D eigenvalue weighted by Crippen LogP contribution is -2.10. The Labute approximate surface area is 123 Å². The van der Waals surface area contributed by atoms with E-state index in [4.69, 9.17) is 9.47 Å². The highest BCUT2D eigenvalue weighted by atomic mass is 16.5. The predicted octanol–water partition coefficient (Wildman–Crippen LogP) is 2.33. The number of aromatic amines is 1. The van der Waals surface area contributed by atoms with Gasteiger partial charge >= 0.3 is 0 Å². The van der Waals surface area contributed by atoms with E-state index in [0.717, 1.165) is 29.0 Å². The molecule has 2 heterocycles. The van der Waals surface area contributed by atoms with Crippen molar-refractivity contribution in [2.75, 3.05) is 7.11 Å². The Balaban J connectivity index is 2.16. The molecule has 0 aliphatic carbocycles. The molecular formula is C16H18N2O3. The molecule has 110 valence electrons. The van der Waals surface area contributed by atoms with Crippen LogP contribution < -0.4 is 15.0 Å². The van der Waals surface area contributed by atoms with Gasteiger partial charge in [0.1, 0.15) is 23.4 Å². The number of rotatable bonds is 3. The van der Waals surface area contributed by atoms with Gasteiger partial charge in [-0.05, 0) is 25.5 Å². The third kappa shape index (κ3) is 2.51. The van der Waals surface area contributed by atoms with Gasteiger partial charge in [0.2, 0.25) is 0 Å². The van der Waals surface area contributed by atoms with Gasteiger partial charge in [0.05, 0.1) is 12.7 Å². The topological polar surface area (TPSA) is 64.2 Å². The van der Waals surface area contributed by atoms with Gasteiger partial charge < -0.3 is 14.5 Å². The number of methoxy groups -OCH3 is 1. The first kappa shape index (κ1) is 13.7. The number of nitrogens with zero attached hydrogens (tertiary/aromatic N) is 1. The summed E-state index contributed by atoms with van der Waals surface area (Å²) in [6.07, 6.45) is 1.73. The maximum absolute atomic E-state index is 11.8. The highest BCUT2D eigenvalue weighted by Crippen LogP contribution is 2.38. The number of fused-ring (bicyclic) bond motifs is 1. The Morgan fingerprint density at radius 1 is 1.43 bits per heavy atom. The molecule has 2 aromatic rings. The first-order chi connectivity index (χ1) is 10.1. The molecule has 1 N–H and O–H groups in total. The van der Waals surface area contributed by atoms with Crippen molar-refractivity contribution in [2.24, 2.45) is 0 Å². The Bertz CT molecular complexity index is 737. The Hall–Kier alpha value is -2.30. The Morgan fingerprint density at radius 3 is 2.95 bits per heavy atom. The van der Waals surface area contributed by atoms with Crippen molar-refractivity contribution in [3.05, 3.63) is 39.8 Å². The van der Waals surface area contributed by atoms with Gasteiger partial charge in [-0.2, -0.15) is 0 Å². The van der Waals surface area contributed by atoms with E-state index in [9.17, 15) is 4.79 Å². The summed E-state index contributed by atoms with van der Waals surface area (Å²) in [6.45, 7) is 4.00. The number of hydrogen-bond donors (Lipinski definition) is 1. The summed E-state index contributed by atoms with van der Waals surface area (Å²) < 4.78 is 11.2. The van der Waals surface area contributed by atoms with Gasteiger partial charge in [0.25, 0.3) is 5.56 Å². The minimum atomic E-state index is -0.159. The van der Waals surface area contributed by atoms with Crippen LogP contribution in [0.5, 0.6) is 11.5 Å². The van der Waals surface area contributed by atoms with E-state index in [0.29, 0.717) is 18.0 Å². The maximum Gasteiger partial charge on any atom is 0.251 e. The van der Waals surface area contributed by atoms with Gasteiger partial charge in [0, 0.05) is 23.7 Å². The lowest BCUT2D eigenvalue weighted by molar-refractivity contribution is 0.254. The van der Waals surface area contributed by atoms with Gasteiger partial charge in [-0.3, -0.25) is 4.79 Å². The number of nitrogens with one attached hydrogen (secondary N) is 1. The maximum atomic E-state index is 11.8. The molecule has 0 fully saturated rings. The standard InChI is InChI=1S/C16H18N2O3/c1-4-11-7-15(19)18-16(17-11)12-8-13-10(5-9(2)21-13)6-14(12)20-3/h6-9H,4-5H2,1-3H3,(H,17,18,19). The molecule has 0 saturated heterocycles. The first-order valence-electron chi connectivity index (χ1n) is 7.09. The molecule has 0 saturated carbocycles. The molecule has 0 bridgehead atoms. The summed E-state index contributed by atoms with van der Waals surface area (Å²) in [6, 6.07) is 5.38. The molecule has 5 nitrogen and oxygen atoms in total. The van der Waals surface area contributed by atoms with E-state index in [-0.39, 0.29) is 11.7 Å². The number of benzene rings is 1. The van der Waals surface area contributed by atoms with E-state index in [1.165, 1.54) is 6.07 Å². The van der Waals surface area contributed by atoms with E-state index < -0.39 is 0 Å². The summed E-state index contributed by atoms with van der Waals surface area (Å²) >= 11 is 0. The zero-order valence-corrected chi connectivity index (χ0v) is 12.4. The lowest BCUT2D eigenvalue weighted by atomic mass is 10.1.